The van der Waals surface area contributed by atoms with Crippen LogP contribution in [0.5, 0.6) is 5.75 Å². The van der Waals surface area contributed by atoms with Gasteiger partial charge >= 0.3 is 0 Å². The molecule has 0 saturated carbocycles. The van der Waals surface area contributed by atoms with Crippen molar-refractivity contribution in [2.75, 3.05) is 29.9 Å². The smallest absolute Gasteiger partial charge is 0.292 e. The number of carbonyl (C=O) groups is 1. The van der Waals surface area contributed by atoms with Gasteiger partial charge in [-0.15, -0.1) is 0 Å². The fraction of sp³-hybridized carbons (Fsp3) is 0.207. The first-order valence-electron chi connectivity index (χ1n) is 12.3. The van der Waals surface area contributed by atoms with E-state index >= 15 is 0 Å². The quantitative estimate of drug-likeness (QED) is 0.339. The second-order valence-corrected chi connectivity index (χ2v) is 9.11. The lowest BCUT2D eigenvalue weighted by atomic mass is 9.97. The highest BCUT2D eigenvalue weighted by molar-refractivity contribution is 6.03. The zero-order valence-corrected chi connectivity index (χ0v) is 20.7. The van der Waals surface area contributed by atoms with Crippen LogP contribution in [0.1, 0.15) is 29.5 Å². The number of nitriles is 1. The highest BCUT2D eigenvalue weighted by atomic mass is 19.1. The molecule has 2 aromatic carbocycles. The highest BCUT2D eigenvalue weighted by Crippen LogP contribution is 2.37. The van der Waals surface area contributed by atoms with Crippen molar-refractivity contribution in [3.05, 3.63) is 84.1 Å². The lowest BCUT2D eigenvalue weighted by Crippen LogP contribution is -2.34. The predicted molar refractivity (Wildman–Crippen MR) is 142 cm³/mol. The maximum absolute atomic E-state index is 13.7. The summed E-state index contributed by atoms with van der Waals surface area (Å²) in [5.74, 6) is -1.43. The number of carbonyl (C=O) groups excluding carboxylic acids is 1. The van der Waals surface area contributed by atoms with Crippen LogP contribution in [0.2, 0.25) is 0 Å². The van der Waals surface area contributed by atoms with Gasteiger partial charge in [0.25, 0.3) is 5.91 Å². The average molecular weight is 512 g/mol. The summed E-state index contributed by atoms with van der Waals surface area (Å²) in [7, 11) is 0. The van der Waals surface area contributed by atoms with Crippen LogP contribution >= 0.6 is 0 Å². The average Bonchev–Trinajstić information content (AvgIpc) is 3.37. The van der Waals surface area contributed by atoms with Gasteiger partial charge in [-0.05, 0) is 67.9 Å². The van der Waals surface area contributed by atoms with E-state index in [2.05, 4.69) is 33.5 Å². The molecule has 9 heteroatoms. The van der Waals surface area contributed by atoms with E-state index in [4.69, 9.17) is 4.42 Å². The van der Waals surface area contributed by atoms with Crippen molar-refractivity contribution >= 4 is 17.4 Å². The van der Waals surface area contributed by atoms with Crippen LogP contribution in [0.3, 0.4) is 0 Å². The molecule has 1 aliphatic rings. The third-order valence-electron chi connectivity index (χ3n) is 6.63. The molecule has 1 aliphatic heterocycles. The van der Waals surface area contributed by atoms with E-state index in [9.17, 15) is 19.6 Å². The molecule has 1 atom stereocenters. The number of hydrogen-bond donors (Lipinski definition) is 3. The number of nitrogens with zero attached hydrogens (tertiary/aromatic N) is 3. The zero-order valence-electron chi connectivity index (χ0n) is 20.7. The van der Waals surface area contributed by atoms with E-state index in [1.165, 1.54) is 24.5 Å². The molecule has 8 nitrogen and oxygen atoms in total. The summed E-state index contributed by atoms with van der Waals surface area (Å²) in [5, 5.41) is 26.7. The molecule has 3 heterocycles. The number of pyridine rings is 1. The van der Waals surface area contributed by atoms with Gasteiger partial charge in [-0.3, -0.25) is 4.79 Å². The normalized spacial score (nSPS) is 15.5. The van der Waals surface area contributed by atoms with Gasteiger partial charge in [0.15, 0.2) is 11.6 Å². The number of phenolic OH excluding ortho intramolecular Hbond substituents is 1. The summed E-state index contributed by atoms with van der Waals surface area (Å²) in [4.78, 5) is 19.6. The monoisotopic (exact) mass is 511 g/mol. The molecule has 4 aromatic rings. The lowest BCUT2D eigenvalue weighted by molar-refractivity contribution is 0.0996. The number of anilines is 2. The molecule has 0 aliphatic carbocycles. The van der Waals surface area contributed by atoms with Gasteiger partial charge in [0.2, 0.25) is 0 Å². The number of benzene rings is 2. The maximum atomic E-state index is 13.7. The zero-order chi connectivity index (χ0) is 26.6. The predicted octanol–water partition coefficient (Wildman–Crippen LogP) is 5.17. The van der Waals surface area contributed by atoms with Crippen molar-refractivity contribution in [3.8, 4) is 34.2 Å². The summed E-state index contributed by atoms with van der Waals surface area (Å²) in [5.41, 5.74) is 2.93. The number of aromatic nitrogens is 1. The van der Waals surface area contributed by atoms with Crippen LogP contribution in [-0.4, -0.2) is 41.7 Å². The van der Waals surface area contributed by atoms with Gasteiger partial charge < -0.3 is 25.1 Å². The molecule has 1 saturated heterocycles. The number of amides is 1. The number of nitrogens with one attached hydrogen (secondary N) is 2. The first kappa shape index (κ1) is 25.0. The molecule has 0 unspecified atom stereocenters. The van der Waals surface area contributed by atoms with Crippen molar-refractivity contribution in [3.63, 3.8) is 0 Å². The van der Waals surface area contributed by atoms with Crippen LogP contribution in [0, 0.1) is 17.1 Å². The van der Waals surface area contributed by atoms with Gasteiger partial charge in [0.1, 0.15) is 23.2 Å². The van der Waals surface area contributed by atoms with E-state index < -0.39 is 11.7 Å². The first-order chi connectivity index (χ1) is 18.4. The van der Waals surface area contributed by atoms with Crippen molar-refractivity contribution in [1.29, 1.82) is 5.26 Å². The maximum Gasteiger partial charge on any atom is 0.292 e. The Balaban J connectivity index is 1.65. The second kappa shape index (κ2) is 10.7. The number of hydrogen-bond acceptors (Lipinski definition) is 7. The Labute approximate surface area is 219 Å². The third-order valence-corrected chi connectivity index (χ3v) is 6.63. The highest BCUT2D eigenvalue weighted by Gasteiger charge is 2.22. The van der Waals surface area contributed by atoms with E-state index in [1.54, 1.807) is 12.1 Å². The minimum absolute atomic E-state index is 0.00266. The molecule has 0 spiro atoms. The largest absolute Gasteiger partial charge is 0.507 e. The van der Waals surface area contributed by atoms with Crippen LogP contribution in [0.4, 0.5) is 15.9 Å². The summed E-state index contributed by atoms with van der Waals surface area (Å²) in [6, 6.07) is 18.7. The Morgan fingerprint density at radius 3 is 2.82 bits per heavy atom. The molecule has 38 heavy (non-hydrogen) atoms. The molecule has 1 amide bonds. The van der Waals surface area contributed by atoms with E-state index in [0.29, 0.717) is 11.6 Å². The Bertz CT molecular complexity index is 1510. The van der Waals surface area contributed by atoms with Crippen molar-refractivity contribution in [2.45, 2.75) is 19.4 Å². The molecule has 5 rings (SSSR count). The number of halogens is 1. The SMILES string of the molecule is C[C@@H]1CCNCCN1c1cccc(-c2cc(-c3ccc(F)cc3O)nc(NC(=O)c3ccco3)c2C#N)c1. The van der Waals surface area contributed by atoms with Gasteiger partial charge in [0.05, 0.1) is 12.0 Å². The third kappa shape index (κ3) is 5.08. The molecular weight excluding hydrogens is 485 g/mol. The van der Waals surface area contributed by atoms with Gasteiger partial charge in [-0.2, -0.15) is 5.26 Å². The Hall–Kier alpha value is -4.68. The topological polar surface area (TPSA) is 114 Å². The van der Waals surface area contributed by atoms with Crippen LogP contribution < -0.4 is 15.5 Å². The number of furan rings is 1. The first-order valence-corrected chi connectivity index (χ1v) is 12.3. The fourth-order valence-electron chi connectivity index (χ4n) is 4.66. The minimum atomic E-state index is -0.597. The van der Waals surface area contributed by atoms with Gasteiger partial charge in [0, 0.05) is 42.0 Å². The summed E-state index contributed by atoms with van der Waals surface area (Å²) >= 11 is 0. The van der Waals surface area contributed by atoms with Gasteiger partial charge in [-0.1, -0.05) is 12.1 Å². The summed E-state index contributed by atoms with van der Waals surface area (Å²) in [6.45, 7) is 4.84. The molecular formula is C29H26FN5O3. The molecule has 192 valence electrons. The molecule has 0 radical (unpaired) electrons. The van der Waals surface area contributed by atoms with E-state index in [0.717, 1.165) is 43.4 Å². The minimum Gasteiger partial charge on any atom is -0.507 e. The fourth-order valence-corrected chi connectivity index (χ4v) is 4.66. The van der Waals surface area contributed by atoms with Crippen molar-refractivity contribution < 1.29 is 18.7 Å². The second-order valence-electron chi connectivity index (χ2n) is 9.11. The molecule has 1 fully saturated rings. The lowest BCUT2D eigenvalue weighted by Gasteiger charge is -2.29. The molecule has 0 bridgehead atoms. The van der Waals surface area contributed by atoms with E-state index in [1.807, 2.05) is 24.3 Å². The number of phenols is 1. The number of rotatable bonds is 5. The van der Waals surface area contributed by atoms with Crippen LogP contribution in [0.25, 0.3) is 22.4 Å². The summed E-state index contributed by atoms with van der Waals surface area (Å²) in [6.07, 6.45) is 2.37. The van der Waals surface area contributed by atoms with Crippen LogP contribution in [-0.2, 0) is 0 Å². The Morgan fingerprint density at radius 2 is 2.05 bits per heavy atom. The molecule has 3 N–H and O–H groups in total. The van der Waals surface area contributed by atoms with E-state index in [-0.39, 0.29) is 34.1 Å². The van der Waals surface area contributed by atoms with Gasteiger partial charge in [-0.25, -0.2) is 9.37 Å². The Morgan fingerprint density at radius 1 is 1.18 bits per heavy atom. The molecule has 2 aromatic heterocycles. The standard InChI is InChI=1S/C29H26FN5O3/c1-18-9-10-32-11-12-35(18)21-5-2-4-19(14-21)23-16-25(22-8-7-20(30)15-26(22)36)33-28(24(23)17-31)34-29(37)27-6-3-13-38-27/h2-8,13-16,18,32,36H,9-12H2,1H3,(H,33,34,37)/t18-/m1/s1. The number of aromatic hydroxyl groups is 1. The van der Waals surface area contributed by atoms with Crippen molar-refractivity contribution in [2.24, 2.45) is 0 Å². The Kier molecular flexibility index (Phi) is 7.07. The summed E-state index contributed by atoms with van der Waals surface area (Å²) < 4.78 is 18.9. The van der Waals surface area contributed by atoms with Crippen molar-refractivity contribution in [1.82, 2.24) is 10.3 Å². The van der Waals surface area contributed by atoms with Crippen LogP contribution in [0.15, 0.2) is 71.3 Å².